The van der Waals surface area contributed by atoms with Crippen molar-refractivity contribution in [3.05, 3.63) is 65.7 Å². The molecule has 2 N–H and O–H groups in total. The molecule has 7 heteroatoms. The first kappa shape index (κ1) is 23.9. The minimum absolute atomic E-state index is 0.185. The minimum atomic E-state index is -3.89. The van der Waals surface area contributed by atoms with Crippen molar-refractivity contribution in [3.8, 4) is 0 Å². The summed E-state index contributed by atoms with van der Waals surface area (Å²) in [6.45, 7) is 5.99. The Morgan fingerprint density at radius 3 is 2.29 bits per heavy atom. The molecule has 0 spiro atoms. The number of rotatable bonds is 9. The van der Waals surface area contributed by atoms with Crippen molar-refractivity contribution in [2.24, 2.45) is 5.92 Å². The highest BCUT2D eigenvalue weighted by molar-refractivity contribution is 7.89. The summed E-state index contributed by atoms with van der Waals surface area (Å²) in [5.41, 5.74) is 1.59. The van der Waals surface area contributed by atoms with Gasteiger partial charge in [0.15, 0.2) is 0 Å². The van der Waals surface area contributed by atoms with Gasteiger partial charge in [0.2, 0.25) is 10.0 Å². The molecule has 2 aromatic carbocycles. The van der Waals surface area contributed by atoms with Gasteiger partial charge in [0.25, 0.3) is 0 Å². The van der Waals surface area contributed by atoms with Crippen molar-refractivity contribution in [1.29, 1.82) is 0 Å². The fourth-order valence-corrected chi connectivity index (χ4v) is 6.03. The number of sulfonamides is 1. The van der Waals surface area contributed by atoms with Gasteiger partial charge in [-0.25, -0.2) is 8.42 Å². The summed E-state index contributed by atoms with van der Waals surface area (Å²) in [4.78, 5) is 0.185. The Balaban J connectivity index is 2.04. The Morgan fingerprint density at radius 1 is 1.06 bits per heavy atom. The number of hydrogen-bond acceptors (Lipinski definition) is 5. The highest BCUT2D eigenvalue weighted by Gasteiger charge is 2.50. The molecule has 5 atom stereocenters. The Kier molecular flexibility index (Phi) is 7.88. The van der Waals surface area contributed by atoms with Gasteiger partial charge < -0.3 is 14.9 Å². The number of ether oxygens (including phenoxy) is 1. The first-order valence-corrected chi connectivity index (χ1v) is 12.4. The first-order chi connectivity index (χ1) is 14.8. The second-order valence-corrected chi connectivity index (χ2v) is 10.1. The summed E-state index contributed by atoms with van der Waals surface area (Å²) in [5.74, 6) is -0.820. The summed E-state index contributed by atoms with van der Waals surface area (Å²) in [5, 5.41) is 22.2. The highest BCUT2D eigenvalue weighted by Crippen LogP contribution is 2.39. The maximum atomic E-state index is 13.7. The molecule has 0 aromatic heterocycles. The van der Waals surface area contributed by atoms with Crippen LogP contribution >= 0.6 is 0 Å². The van der Waals surface area contributed by atoms with E-state index in [0.717, 1.165) is 5.56 Å². The van der Waals surface area contributed by atoms with Crippen molar-refractivity contribution in [2.45, 2.75) is 69.4 Å². The Morgan fingerprint density at radius 2 is 1.71 bits per heavy atom. The van der Waals surface area contributed by atoms with Gasteiger partial charge >= 0.3 is 0 Å². The van der Waals surface area contributed by atoms with Gasteiger partial charge in [-0.05, 0) is 37.5 Å². The largest absolute Gasteiger partial charge is 0.393 e. The van der Waals surface area contributed by atoms with Crippen molar-refractivity contribution < 1.29 is 23.4 Å². The number of aliphatic hydroxyl groups is 2. The van der Waals surface area contributed by atoms with Crippen LogP contribution in [0.15, 0.2) is 59.5 Å². The van der Waals surface area contributed by atoms with E-state index in [1.54, 1.807) is 36.4 Å². The fraction of sp³-hybridized carbons (Fsp3) is 0.500. The van der Waals surface area contributed by atoms with Crippen LogP contribution in [-0.2, 0) is 14.8 Å². The van der Waals surface area contributed by atoms with Crippen molar-refractivity contribution in [1.82, 2.24) is 4.31 Å². The van der Waals surface area contributed by atoms with Crippen molar-refractivity contribution in [2.75, 3.05) is 6.61 Å². The quantitative estimate of drug-likeness (QED) is 0.613. The van der Waals surface area contributed by atoms with Gasteiger partial charge in [-0.2, -0.15) is 4.31 Å². The number of benzene rings is 2. The summed E-state index contributed by atoms with van der Waals surface area (Å²) in [7, 11) is -3.89. The van der Waals surface area contributed by atoms with Gasteiger partial charge in [-0.1, -0.05) is 68.3 Å². The maximum absolute atomic E-state index is 13.7. The Labute approximate surface area is 185 Å². The Hall–Kier alpha value is -1.77. The van der Waals surface area contributed by atoms with Crippen LogP contribution in [0.1, 0.15) is 50.3 Å². The molecule has 2 aromatic rings. The van der Waals surface area contributed by atoms with Crippen molar-refractivity contribution in [3.63, 3.8) is 0 Å². The minimum Gasteiger partial charge on any atom is -0.393 e. The number of nitrogens with zero attached hydrogens (tertiary/aromatic N) is 1. The second kappa shape index (κ2) is 10.2. The smallest absolute Gasteiger partial charge is 0.245 e. The molecule has 0 bridgehead atoms. The first-order valence-electron chi connectivity index (χ1n) is 10.9. The standard InChI is InChI=1S/C24H33NO5S/c1-4-9-21(26)22(23(27)18-10-7-6-8-11-18)24-25(19(5-2)16-30-24)31(28,29)20-14-12-17(3)13-15-20/h6-8,10-15,19,21-24,26-27H,4-5,9,16H2,1-3H3/t19-,21+,22+,23-,24-/m1/s1. The van der Waals surface area contributed by atoms with E-state index in [4.69, 9.17) is 4.74 Å². The highest BCUT2D eigenvalue weighted by atomic mass is 32.2. The van der Waals surface area contributed by atoms with E-state index in [1.807, 2.05) is 39.0 Å². The average Bonchev–Trinajstić information content (AvgIpc) is 3.19. The molecule has 1 aliphatic rings. The van der Waals surface area contributed by atoms with Crippen LogP contribution < -0.4 is 0 Å². The molecule has 3 rings (SSSR count). The normalized spacial score (nSPS) is 22.9. The van der Waals surface area contributed by atoms with Crippen molar-refractivity contribution >= 4 is 10.0 Å². The number of aryl methyl sites for hydroxylation is 1. The molecule has 1 aliphatic heterocycles. The molecule has 1 saturated heterocycles. The number of aliphatic hydroxyl groups excluding tert-OH is 2. The van der Waals surface area contributed by atoms with Crippen LogP contribution in [0.5, 0.6) is 0 Å². The summed E-state index contributed by atoms with van der Waals surface area (Å²) >= 11 is 0. The zero-order valence-corrected chi connectivity index (χ0v) is 19.2. The lowest BCUT2D eigenvalue weighted by Crippen LogP contribution is -2.49. The molecule has 1 heterocycles. The molecular weight excluding hydrogens is 414 g/mol. The van der Waals surface area contributed by atoms with E-state index in [0.29, 0.717) is 24.8 Å². The molecule has 0 unspecified atom stereocenters. The molecule has 0 saturated carbocycles. The van der Waals surface area contributed by atoms with E-state index in [9.17, 15) is 18.6 Å². The molecule has 170 valence electrons. The lowest BCUT2D eigenvalue weighted by atomic mass is 9.87. The molecule has 0 aliphatic carbocycles. The van der Waals surface area contributed by atoms with Crippen LogP contribution in [0, 0.1) is 12.8 Å². The molecular formula is C24H33NO5S. The SMILES string of the molecule is CCC[C@H](O)[C@@H]([C@H](O)c1ccccc1)[C@H]1OC[C@@H](CC)N1S(=O)(=O)c1ccc(C)cc1. The van der Waals surface area contributed by atoms with Crippen LogP contribution in [0.2, 0.25) is 0 Å². The predicted octanol–water partition coefficient (Wildman–Crippen LogP) is 3.63. The van der Waals surface area contributed by atoms with E-state index in [2.05, 4.69) is 0 Å². The lowest BCUT2D eigenvalue weighted by Gasteiger charge is -2.37. The van der Waals surface area contributed by atoms with Gasteiger partial charge in [0.1, 0.15) is 6.23 Å². The zero-order valence-electron chi connectivity index (χ0n) is 18.4. The third-order valence-corrected chi connectivity index (χ3v) is 7.93. The van der Waals surface area contributed by atoms with E-state index < -0.39 is 34.4 Å². The predicted molar refractivity (Wildman–Crippen MR) is 120 cm³/mol. The van der Waals surface area contributed by atoms with Gasteiger partial charge in [-0.3, -0.25) is 0 Å². The third kappa shape index (κ3) is 5.02. The summed E-state index contributed by atoms with van der Waals surface area (Å²) in [6.07, 6.45) is -1.25. The molecule has 31 heavy (non-hydrogen) atoms. The fourth-order valence-electron chi connectivity index (χ4n) is 4.22. The Bertz CT molecular complexity index is 932. The molecule has 1 fully saturated rings. The molecule has 0 radical (unpaired) electrons. The zero-order chi connectivity index (χ0) is 22.6. The van der Waals surface area contributed by atoms with E-state index >= 15 is 0 Å². The number of hydrogen-bond donors (Lipinski definition) is 2. The lowest BCUT2D eigenvalue weighted by molar-refractivity contribution is -0.0945. The summed E-state index contributed by atoms with van der Waals surface area (Å²) in [6, 6.07) is 15.4. The van der Waals surface area contributed by atoms with Crippen LogP contribution in [0.4, 0.5) is 0 Å². The molecule has 6 nitrogen and oxygen atoms in total. The van der Waals surface area contributed by atoms with Gasteiger partial charge in [0, 0.05) is 0 Å². The van der Waals surface area contributed by atoms with E-state index in [-0.39, 0.29) is 17.5 Å². The van der Waals surface area contributed by atoms with Gasteiger partial charge in [-0.15, -0.1) is 0 Å². The second-order valence-electron chi connectivity index (χ2n) is 8.22. The van der Waals surface area contributed by atoms with E-state index in [1.165, 1.54) is 4.31 Å². The monoisotopic (exact) mass is 447 g/mol. The maximum Gasteiger partial charge on any atom is 0.245 e. The topological polar surface area (TPSA) is 87.1 Å². The van der Waals surface area contributed by atoms with Crippen LogP contribution in [-0.4, -0.2) is 47.9 Å². The van der Waals surface area contributed by atoms with Crippen LogP contribution in [0.25, 0.3) is 0 Å². The molecule has 0 amide bonds. The summed E-state index contributed by atoms with van der Waals surface area (Å²) < 4.78 is 34.7. The van der Waals surface area contributed by atoms with Crippen LogP contribution in [0.3, 0.4) is 0 Å². The third-order valence-electron chi connectivity index (χ3n) is 6.00. The van der Waals surface area contributed by atoms with Gasteiger partial charge in [0.05, 0.1) is 35.7 Å². The average molecular weight is 448 g/mol.